The summed E-state index contributed by atoms with van der Waals surface area (Å²) >= 11 is 0. The molecule has 0 saturated carbocycles. The molecule has 2 heterocycles. The largest absolute Gasteiger partial charge is 0.391 e. The summed E-state index contributed by atoms with van der Waals surface area (Å²) in [5.74, 6) is 0.172. The van der Waals surface area contributed by atoms with Crippen LogP contribution in [0.3, 0.4) is 0 Å². The smallest absolute Gasteiger partial charge is 0.282 e. The van der Waals surface area contributed by atoms with Crippen LogP contribution in [0.15, 0.2) is 0 Å². The zero-order valence-electron chi connectivity index (χ0n) is 10.1. The van der Waals surface area contributed by atoms with Crippen LogP contribution in [0.5, 0.6) is 0 Å². The number of rotatable bonds is 2. The van der Waals surface area contributed by atoms with Gasteiger partial charge in [0, 0.05) is 26.2 Å². The number of hydrogen-bond donors (Lipinski definition) is 1. The van der Waals surface area contributed by atoms with E-state index in [9.17, 15) is 13.5 Å². The molecule has 100 valence electrons. The molecule has 0 amide bonds. The van der Waals surface area contributed by atoms with E-state index in [1.165, 1.54) is 8.61 Å². The van der Waals surface area contributed by atoms with Crippen molar-refractivity contribution < 1.29 is 18.3 Å². The van der Waals surface area contributed by atoms with Gasteiger partial charge >= 0.3 is 0 Å². The second-order valence-corrected chi connectivity index (χ2v) is 6.64. The first-order chi connectivity index (χ1) is 8.01. The Morgan fingerprint density at radius 3 is 2.41 bits per heavy atom. The van der Waals surface area contributed by atoms with Gasteiger partial charge in [0.05, 0.1) is 19.3 Å². The molecule has 2 rings (SSSR count). The van der Waals surface area contributed by atoms with E-state index in [1.54, 1.807) is 0 Å². The van der Waals surface area contributed by atoms with Gasteiger partial charge in [-0.15, -0.1) is 0 Å². The molecule has 2 atom stereocenters. The monoisotopic (exact) mass is 264 g/mol. The highest BCUT2D eigenvalue weighted by atomic mass is 32.2. The van der Waals surface area contributed by atoms with Crippen LogP contribution in [0, 0.1) is 5.92 Å². The fourth-order valence-electron chi connectivity index (χ4n) is 2.17. The van der Waals surface area contributed by atoms with Crippen LogP contribution in [-0.4, -0.2) is 67.6 Å². The number of piperidine rings is 1. The van der Waals surface area contributed by atoms with Crippen molar-refractivity contribution in [2.45, 2.75) is 19.4 Å². The van der Waals surface area contributed by atoms with Gasteiger partial charge in [-0.1, -0.05) is 6.92 Å². The Morgan fingerprint density at radius 1 is 1.18 bits per heavy atom. The van der Waals surface area contributed by atoms with E-state index in [1.807, 2.05) is 6.92 Å². The van der Waals surface area contributed by atoms with Crippen molar-refractivity contribution in [2.75, 3.05) is 39.4 Å². The van der Waals surface area contributed by atoms with E-state index in [0.29, 0.717) is 39.3 Å². The highest BCUT2D eigenvalue weighted by Crippen LogP contribution is 2.21. The summed E-state index contributed by atoms with van der Waals surface area (Å²) in [7, 11) is -3.41. The zero-order valence-corrected chi connectivity index (χ0v) is 10.9. The standard InChI is InChI=1S/C10H20N2O4S/c1-9-2-3-12(8-10(9)13)17(14,15)11-4-6-16-7-5-11/h9-10,13H,2-8H2,1H3. The molecule has 0 spiro atoms. The Labute approximate surface area is 102 Å². The van der Waals surface area contributed by atoms with Crippen LogP contribution < -0.4 is 0 Å². The van der Waals surface area contributed by atoms with Crippen molar-refractivity contribution in [1.29, 1.82) is 0 Å². The summed E-state index contributed by atoms with van der Waals surface area (Å²) < 4.78 is 32.5. The Kier molecular flexibility index (Phi) is 4.04. The normalized spacial score (nSPS) is 33.8. The Morgan fingerprint density at radius 2 is 1.82 bits per heavy atom. The summed E-state index contributed by atoms with van der Waals surface area (Å²) in [6.45, 7) is 4.37. The molecule has 2 aliphatic rings. The highest BCUT2D eigenvalue weighted by molar-refractivity contribution is 7.86. The molecular formula is C10H20N2O4S. The molecule has 7 heteroatoms. The van der Waals surface area contributed by atoms with Crippen LogP contribution in [0.25, 0.3) is 0 Å². The number of ether oxygens (including phenoxy) is 1. The SMILES string of the molecule is CC1CCN(S(=O)(=O)N2CCOCC2)CC1O. The maximum Gasteiger partial charge on any atom is 0.282 e. The minimum absolute atomic E-state index is 0.172. The third kappa shape index (κ3) is 2.79. The van der Waals surface area contributed by atoms with E-state index in [-0.39, 0.29) is 12.5 Å². The molecule has 0 aromatic carbocycles. The number of aliphatic hydroxyl groups is 1. The van der Waals surface area contributed by atoms with Crippen LogP contribution in [0.4, 0.5) is 0 Å². The molecule has 0 radical (unpaired) electrons. The topological polar surface area (TPSA) is 70.1 Å². The van der Waals surface area contributed by atoms with Gasteiger partial charge < -0.3 is 9.84 Å². The minimum atomic E-state index is -3.41. The quantitative estimate of drug-likeness (QED) is 0.713. The van der Waals surface area contributed by atoms with Crippen molar-refractivity contribution in [3.8, 4) is 0 Å². The first-order valence-electron chi connectivity index (χ1n) is 6.03. The maximum absolute atomic E-state index is 12.3. The summed E-state index contributed by atoms with van der Waals surface area (Å²) in [5.41, 5.74) is 0. The average molecular weight is 264 g/mol. The lowest BCUT2D eigenvalue weighted by Crippen LogP contribution is -2.53. The van der Waals surface area contributed by atoms with Crippen LogP contribution >= 0.6 is 0 Å². The summed E-state index contributed by atoms with van der Waals surface area (Å²) in [5, 5.41) is 9.76. The Balaban J connectivity index is 2.04. The molecular weight excluding hydrogens is 244 g/mol. The lowest BCUT2D eigenvalue weighted by Gasteiger charge is -2.37. The molecule has 2 fully saturated rings. The molecule has 0 aromatic heterocycles. The highest BCUT2D eigenvalue weighted by Gasteiger charge is 2.36. The van der Waals surface area contributed by atoms with Gasteiger partial charge in [0.15, 0.2) is 0 Å². The Hall–Kier alpha value is -0.210. The lowest BCUT2D eigenvalue weighted by molar-refractivity contribution is 0.0486. The number of β-amino-alcohol motifs (C(OH)–C–C–N with tert-alkyl or cyclic N) is 1. The van der Waals surface area contributed by atoms with E-state index in [4.69, 9.17) is 4.74 Å². The van der Waals surface area contributed by atoms with Gasteiger partial charge in [-0.3, -0.25) is 0 Å². The van der Waals surface area contributed by atoms with Gasteiger partial charge in [-0.25, -0.2) is 0 Å². The fourth-order valence-corrected chi connectivity index (χ4v) is 3.78. The van der Waals surface area contributed by atoms with Crippen LogP contribution in [-0.2, 0) is 14.9 Å². The summed E-state index contributed by atoms with van der Waals surface area (Å²) in [6.07, 6.45) is 0.157. The van der Waals surface area contributed by atoms with Crippen molar-refractivity contribution in [3.63, 3.8) is 0 Å². The fraction of sp³-hybridized carbons (Fsp3) is 1.00. The molecule has 2 saturated heterocycles. The second kappa shape index (κ2) is 5.19. The van der Waals surface area contributed by atoms with Crippen molar-refractivity contribution >= 4 is 10.2 Å². The first-order valence-corrected chi connectivity index (χ1v) is 7.42. The summed E-state index contributed by atoms with van der Waals surface area (Å²) in [4.78, 5) is 0. The van der Waals surface area contributed by atoms with Crippen molar-refractivity contribution in [1.82, 2.24) is 8.61 Å². The molecule has 6 nitrogen and oxygen atoms in total. The van der Waals surface area contributed by atoms with Crippen LogP contribution in [0.1, 0.15) is 13.3 Å². The molecule has 17 heavy (non-hydrogen) atoms. The number of morpholine rings is 1. The summed E-state index contributed by atoms with van der Waals surface area (Å²) in [6, 6.07) is 0. The van der Waals surface area contributed by atoms with Gasteiger partial charge in [0.2, 0.25) is 0 Å². The molecule has 0 bridgehead atoms. The van der Waals surface area contributed by atoms with Crippen molar-refractivity contribution in [3.05, 3.63) is 0 Å². The van der Waals surface area contributed by atoms with E-state index < -0.39 is 16.3 Å². The molecule has 0 aromatic rings. The van der Waals surface area contributed by atoms with Gasteiger partial charge in [-0.05, 0) is 12.3 Å². The van der Waals surface area contributed by atoms with Crippen LogP contribution in [0.2, 0.25) is 0 Å². The molecule has 1 N–H and O–H groups in total. The molecule has 2 aliphatic heterocycles. The van der Waals surface area contributed by atoms with Gasteiger partial charge in [0.25, 0.3) is 10.2 Å². The molecule has 0 aliphatic carbocycles. The minimum Gasteiger partial charge on any atom is -0.391 e. The predicted molar refractivity (Wildman–Crippen MR) is 62.7 cm³/mol. The number of hydrogen-bond acceptors (Lipinski definition) is 4. The van der Waals surface area contributed by atoms with E-state index in [0.717, 1.165) is 0 Å². The second-order valence-electron chi connectivity index (χ2n) is 4.71. The first kappa shape index (κ1) is 13.2. The van der Waals surface area contributed by atoms with E-state index in [2.05, 4.69) is 0 Å². The number of aliphatic hydroxyl groups excluding tert-OH is 1. The third-order valence-electron chi connectivity index (χ3n) is 3.50. The average Bonchev–Trinajstić information content (AvgIpc) is 2.33. The van der Waals surface area contributed by atoms with Gasteiger partial charge in [-0.2, -0.15) is 17.0 Å². The van der Waals surface area contributed by atoms with Gasteiger partial charge in [0.1, 0.15) is 0 Å². The number of nitrogens with zero attached hydrogens (tertiary/aromatic N) is 2. The molecule has 2 unspecified atom stereocenters. The Bertz CT molecular complexity index is 353. The third-order valence-corrected chi connectivity index (χ3v) is 5.51. The lowest BCUT2D eigenvalue weighted by atomic mass is 9.98. The zero-order chi connectivity index (χ0) is 12.5. The maximum atomic E-state index is 12.3. The van der Waals surface area contributed by atoms with Crippen molar-refractivity contribution in [2.24, 2.45) is 5.92 Å². The van der Waals surface area contributed by atoms with E-state index >= 15 is 0 Å². The predicted octanol–water partition coefficient (Wildman–Crippen LogP) is -0.734.